The Morgan fingerprint density at radius 3 is 1.37 bits per heavy atom. The van der Waals surface area contributed by atoms with Crippen LogP contribution in [0.2, 0.25) is 0 Å². The molecule has 0 fully saturated rings. The molecule has 0 radical (unpaired) electrons. The van der Waals surface area contributed by atoms with E-state index in [4.69, 9.17) is 9.47 Å². The van der Waals surface area contributed by atoms with Crippen molar-refractivity contribution in [3.8, 4) is 0 Å². The smallest absolute Gasteiger partial charge is 0.0717 e. The minimum atomic E-state index is 0.647. The van der Waals surface area contributed by atoms with Gasteiger partial charge >= 0.3 is 0 Å². The van der Waals surface area contributed by atoms with Crippen LogP contribution in [0, 0.1) is 0 Å². The molecule has 3 aromatic rings. The van der Waals surface area contributed by atoms with Crippen molar-refractivity contribution in [2.24, 2.45) is 0 Å². The minimum Gasteiger partial charge on any atom is -0.375 e. The average molecular weight is 361 g/mol. The van der Waals surface area contributed by atoms with Crippen molar-refractivity contribution in [1.29, 1.82) is 0 Å². The second-order valence-corrected chi connectivity index (χ2v) is 6.40. The summed E-state index contributed by atoms with van der Waals surface area (Å²) in [5.74, 6) is 0. The summed E-state index contributed by atoms with van der Waals surface area (Å²) in [4.78, 5) is 2.32. The zero-order chi connectivity index (χ0) is 18.6. The van der Waals surface area contributed by atoms with Crippen LogP contribution in [0.25, 0.3) is 0 Å². The Kier molecular flexibility index (Phi) is 7.92. The Labute approximate surface area is 162 Å². The molecule has 0 aliphatic rings. The molecule has 0 atom stereocenters. The first kappa shape index (κ1) is 19.2. The number of benzene rings is 3. The molecular formula is C24H27NO2. The molecule has 0 aliphatic carbocycles. The van der Waals surface area contributed by atoms with Gasteiger partial charge in [-0.1, -0.05) is 78.9 Å². The lowest BCUT2D eigenvalue weighted by Crippen LogP contribution is -2.31. The van der Waals surface area contributed by atoms with E-state index in [2.05, 4.69) is 53.4 Å². The molecule has 0 unspecified atom stereocenters. The van der Waals surface area contributed by atoms with Gasteiger partial charge in [0.15, 0.2) is 0 Å². The first-order chi connectivity index (χ1) is 13.4. The Morgan fingerprint density at radius 2 is 0.926 bits per heavy atom. The summed E-state index contributed by atoms with van der Waals surface area (Å²) in [5, 5.41) is 0. The molecule has 0 aromatic heterocycles. The fourth-order valence-corrected chi connectivity index (χ4v) is 2.89. The maximum Gasteiger partial charge on any atom is 0.0717 e. The van der Waals surface area contributed by atoms with Crippen molar-refractivity contribution in [3.05, 3.63) is 102 Å². The highest BCUT2D eigenvalue weighted by Crippen LogP contribution is 2.13. The molecule has 0 amide bonds. The van der Waals surface area contributed by atoms with Gasteiger partial charge in [-0.2, -0.15) is 0 Å². The van der Waals surface area contributed by atoms with Crippen molar-refractivity contribution in [3.63, 3.8) is 0 Å². The van der Waals surface area contributed by atoms with Crippen LogP contribution in [0.4, 0.5) is 5.69 Å². The summed E-state index contributed by atoms with van der Waals surface area (Å²) in [7, 11) is 0. The van der Waals surface area contributed by atoms with Gasteiger partial charge in [0.1, 0.15) is 0 Å². The second-order valence-electron chi connectivity index (χ2n) is 6.40. The number of hydrogen-bond acceptors (Lipinski definition) is 3. The van der Waals surface area contributed by atoms with Crippen LogP contribution in [0.3, 0.4) is 0 Å². The van der Waals surface area contributed by atoms with E-state index >= 15 is 0 Å². The summed E-state index contributed by atoms with van der Waals surface area (Å²) < 4.78 is 11.7. The summed E-state index contributed by atoms with van der Waals surface area (Å²) in [6.45, 7) is 4.34. The van der Waals surface area contributed by atoms with E-state index in [1.807, 2.05) is 42.5 Å². The SMILES string of the molecule is c1ccc(COCCN(CCOCc2ccccc2)c2ccccc2)cc1. The third-order valence-corrected chi connectivity index (χ3v) is 4.36. The van der Waals surface area contributed by atoms with E-state index in [0.29, 0.717) is 26.4 Å². The van der Waals surface area contributed by atoms with E-state index in [-0.39, 0.29) is 0 Å². The van der Waals surface area contributed by atoms with E-state index in [0.717, 1.165) is 13.1 Å². The van der Waals surface area contributed by atoms with Gasteiger partial charge in [-0.3, -0.25) is 0 Å². The predicted molar refractivity (Wildman–Crippen MR) is 111 cm³/mol. The van der Waals surface area contributed by atoms with Crippen LogP contribution < -0.4 is 4.90 Å². The molecule has 0 spiro atoms. The Balaban J connectivity index is 1.44. The Morgan fingerprint density at radius 1 is 0.519 bits per heavy atom. The fraction of sp³-hybridized carbons (Fsp3) is 0.250. The van der Waals surface area contributed by atoms with Crippen molar-refractivity contribution >= 4 is 5.69 Å². The van der Waals surface area contributed by atoms with Gasteiger partial charge in [0.25, 0.3) is 0 Å². The number of rotatable bonds is 11. The van der Waals surface area contributed by atoms with Crippen LogP contribution in [-0.2, 0) is 22.7 Å². The van der Waals surface area contributed by atoms with Gasteiger partial charge in [-0.15, -0.1) is 0 Å². The Bertz CT molecular complexity index is 700. The van der Waals surface area contributed by atoms with E-state index in [1.54, 1.807) is 0 Å². The lowest BCUT2D eigenvalue weighted by atomic mass is 10.2. The molecule has 0 bridgehead atoms. The van der Waals surface area contributed by atoms with Gasteiger partial charge in [0.2, 0.25) is 0 Å². The van der Waals surface area contributed by atoms with E-state index < -0.39 is 0 Å². The molecule has 0 saturated carbocycles. The molecule has 3 aromatic carbocycles. The lowest BCUT2D eigenvalue weighted by molar-refractivity contribution is 0.115. The number of anilines is 1. The fourth-order valence-electron chi connectivity index (χ4n) is 2.89. The zero-order valence-corrected chi connectivity index (χ0v) is 15.7. The number of nitrogens with zero attached hydrogens (tertiary/aromatic N) is 1. The van der Waals surface area contributed by atoms with Crippen LogP contribution in [0.5, 0.6) is 0 Å². The minimum absolute atomic E-state index is 0.647. The molecule has 3 heteroatoms. The molecule has 140 valence electrons. The number of para-hydroxylation sites is 1. The molecule has 0 saturated heterocycles. The standard InChI is InChI=1S/C24H27NO2/c1-4-10-22(11-5-1)20-26-18-16-25(24-14-8-3-9-15-24)17-19-27-21-23-12-6-2-7-13-23/h1-15H,16-21H2. The summed E-state index contributed by atoms with van der Waals surface area (Å²) in [6, 6.07) is 31.0. The lowest BCUT2D eigenvalue weighted by Gasteiger charge is -2.25. The highest BCUT2D eigenvalue weighted by Gasteiger charge is 2.06. The van der Waals surface area contributed by atoms with Crippen LogP contribution in [0.15, 0.2) is 91.0 Å². The van der Waals surface area contributed by atoms with Crippen LogP contribution >= 0.6 is 0 Å². The summed E-state index contributed by atoms with van der Waals surface area (Å²) in [6.07, 6.45) is 0. The first-order valence-electron chi connectivity index (χ1n) is 9.45. The van der Waals surface area contributed by atoms with E-state index in [1.165, 1.54) is 16.8 Å². The maximum absolute atomic E-state index is 5.86. The highest BCUT2D eigenvalue weighted by molar-refractivity contribution is 5.45. The summed E-state index contributed by atoms with van der Waals surface area (Å²) >= 11 is 0. The molecule has 27 heavy (non-hydrogen) atoms. The second kappa shape index (κ2) is 11.2. The van der Waals surface area contributed by atoms with Crippen LogP contribution in [0.1, 0.15) is 11.1 Å². The quantitative estimate of drug-likeness (QED) is 0.452. The Hall–Kier alpha value is -2.62. The average Bonchev–Trinajstić information content (AvgIpc) is 2.75. The van der Waals surface area contributed by atoms with Gasteiger partial charge in [0, 0.05) is 18.8 Å². The normalized spacial score (nSPS) is 10.7. The zero-order valence-electron chi connectivity index (χ0n) is 15.7. The maximum atomic E-state index is 5.86. The predicted octanol–water partition coefficient (Wildman–Crippen LogP) is 4.93. The van der Waals surface area contributed by atoms with Gasteiger partial charge in [-0.25, -0.2) is 0 Å². The van der Waals surface area contributed by atoms with E-state index in [9.17, 15) is 0 Å². The third kappa shape index (κ3) is 6.89. The summed E-state index contributed by atoms with van der Waals surface area (Å²) in [5.41, 5.74) is 3.61. The van der Waals surface area contributed by atoms with Gasteiger partial charge in [-0.05, 0) is 23.3 Å². The van der Waals surface area contributed by atoms with Crippen molar-refractivity contribution < 1.29 is 9.47 Å². The topological polar surface area (TPSA) is 21.7 Å². The van der Waals surface area contributed by atoms with Crippen LogP contribution in [-0.4, -0.2) is 26.3 Å². The third-order valence-electron chi connectivity index (χ3n) is 4.36. The largest absolute Gasteiger partial charge is 0.375 e. The van der Waals surface area contributed by atoms with Gasteiger partial charge < -0.3 is 14.4 Å². The molecular weight excluding hydrogens is 334 g/mol. The molecule has 0 N–H and O–H groups in total. The monoisotopic (exact) mass is 361 g/mol. The molecule has 0 aliphatic heterocycles. The van der Waals surface area contributed by atoms with Crippen molar-refractivity contribution in [2.75, 3.05) is 31.2 Å². The highest BCUT2D eigenvalue weighted by atomic mass is 16.5. The molecule has 0 heterocycles. The van der Waals surface area contributed by atoms with Crippen molar-refractivity contribution in [1.82, 2.24) is 0 Å². The molecule has 3 nitrogen and oxygen atoms in total. The molecule has 3 rings (SSSR count). The number of hydrogen-bond donors (Lipinski definition) is 0. The van der Waals surface area contributed by atoms with Crippen molar-refractivity contribution in [2.45, 2.75) is 13.2 Å². The number of ether oxygens (including phenoxy) is 2. The van der Waals surface area contributed by atoms with Gasteiger partial charge in [0.05, 0.1) is 26.4 Å². The first-order valence-corrected chi connectivity index (χ1v) is 9.45.